The second kappa shape index (κ2) is 6.03. The van der Waals surface area contributed by atoms with Crippen LogP contribution in [0.15, 0.2) is 42.5 Å². The molecule has 0 aliphatic rings. The van der Waals surface area contributed by atoms with Crippen LogP contribution in [0.2, 0.25) is 0 Å². The molecule has 2 aromatic carbocycles. The highest BCUT2D eigenvalue weighted by Crippen LogP contribution is 2.38. The number of methoxy groups -OCH3 is 1. The van der Waals surface area contributed by atoms with Crippen molar-refractivity contribution in [3.05, 3.63) is 58.1 Å². The summed E-state index contributed by atoms with van der Waals surface area (Å²) in [4.78, 5) is 10.6. The maximum atomic E-state index is 11.1. The zero-order chi connectivity index (χ0) is 14.5. The Balaban J connectivity index is 2.40. The van der Waals surface area contributed by atoms with Gasteiger partial charge in [-0.05, 0) is 29.8 Å². The first-order valence-electron chi connectivity index (χ1n) is 5.84. The monoisotopic (exact) mass is 275 g/mol. The Morgan fingerprint density at radius 3 is 2.55 bits per heavy atom. The van der Waals surface area contributed by atoms with Crippen molar-refractivity contribution in [3.63, 3.8) is 0 Å². The number of nitro benzene ring substituents is 1. The number of hydrogen-bond donors (Lipinski definition) is 1. The van der Waals surface area contributed by atoms with Gasteiger partial charge in [-0.2, -0.15) is 0 Å². The predicted octanol–water partition coefficient (Wildman–Crippen LogP) is 2.89. The Labute approximate surface area is 115 Å². The summed E-state index contributed by atoms with van der Waals surface area (Å²) in [5, 5.41) is 20.2. The van der Waals surface area contributed by atoms with E-state index in [4.69, 9.17) is 14.6 Å². The summed E-state index contributed by atoms with van der Waals surface area (Å²) in [6.07, 6.45) is 0. The molecule has 0 aromatic heterocycles. The van der Waals surface area contributed by atoms with Crippen LogP contribution >= 0.6 is 0 Å². The van der Waals surface area contributed by atoms with Crippen molar-refractivity contribution in [2.75, 3.05) is 7.11 Å². The zero-order valence-electron chi connectivity index (χ0n) is 10.8. The molecule has 0 aliphatic heterocycles. The van der Waals surface area contributed by atoms with Crippen molar-refractivity contribution in [2.45, 2.75) is 6.61 Å². The minimum Gasteiger partial charge on any atom is -0.490 e. The largest absolute Gasteiger partial charge is 0.490 e. The molecule has 0 saturated carbocycles. The van der Waals surface area contributed by atoms with E-state index < -0.39 is 4.92 Å². The fourth-order valence-electron chi connectivity index (χ4n) is 1.76. The van der Waals surface area contributed by atoms with E-state index in [1.54, 1.807) is 30.3 Å². The molecule has 0 atom stereocenters. The number of aliphatic hydroxyl groups excluding tert-OH is 1. The quantitative estimate of drug-likeness (QED) is 0.670. The van der Waals surface area contributed by atoms with Crippen molar-refractivity contribution in [2.24, 2.45) is 0 Å². The van der Waals surface area contributed by atoms with E-state index in [1.807, 2.05) is 0 Å². The van der Waals surface area contributed by atoms with E-state index in [-0.39, 0.29) is 23.8 Å². The third-order valence-corrected chi connectivity index (χ3v) is 2.67. The molecule has 104 valence electrons. The third-order valence-electron chi connectivity index (χ3n) is 2.67. The first-order valence-corrected chi connectivity index (χ1v) is 5.84. The SMILES string of the molecule is COc1cccc(Oc2cccc(CO)c2)c1[N+](=O)[O-]. The Morgan fingerprint density at radius 1 is 1.20 bits per heavy atom. The average molecular weight is 275 g/mol. The summed E-state index contributed by atoms with van der Waals surface area (Å²) in [6.45, 7) is -0.128. The number of nitro groups is 1. The zero-order valence-corrected chi connectivity index (χ0v) is 10.8. The van der Waals surface area contributed by atoms with E-state index in [0.717, 1.165) is 0 Å². The van der Waals surface area contributed by atoms with E-state index >= 15 is 0 Å². The molecule has 6 heteroatoms. The van der Waals surface area contributed by atoms with Crippen LogP contribution in [0.4, 0.5) is 5.69 Å². The lowest BCUT2D eigenvalue weighted by molar-refractivity contribution is -0.386. The lowest BCUT2D eigenvalue weighted by atomic mass is 10.2. The highest BCUT2D eigenvalue weighted by atomic mass is 16.6. The molecule has 0 fully saturated rings. The number of nitrogens with zero attached hydrogens (tertiary/aromatic N) is 1. The van der Waals surface area contributed by atoms with Gasteiger partial charge < -0.3 is 14.6 Å². The van der Waals surface area contributed by atoms with Gasteiger partial charge in [-0.1, -0.05) is 18.2 Å². The van der Waals surface area contributed by atoms with Crippen LogP contribution in [-0.4, -0.2) is 17.1 Å². The Hall–Kier alpha value is -2.60. The Kier molecular flexibility index (Phi) is 4.17. The standard InChI is InChI=1S/C14H13NO5/c1-19-12-6-3-7-13(14(12)15(17)18)20-11-5-2-4-10(8-11)9-16/h2-8,16H,9H2,1H3. The Morgan fingerprint density at radius 2 is 1.90 bits per heavy atom. The summed E-state index contributed by atoms with van der Waals surface area (Å²) in [5.74, 6) is 0.628. The smallest absolute Gasteiger partial charge is 0.352 e. The predicted molar refractivity (Wildman–Crippen MR) is 72.1 cm³/mol. The van der Waals surface area contributed by atoms with E-state index in [2.05, 4.69) is 0 Å². The summed E-state index contributed by atoms with van der Waals surface area (Å²) in [7, 11) is 1.36. The molecule has 0 unspecified atom stereocenters. The van der Waals surface area contributed by atoms with Gasteiger partial charge >= 0.3 is 5.69 Å². The molecule has 0 heterocycles. The van der Waals surface area contributed by atoms with Crippen LogP contribution in [0.25, 0.3) is 0 Å². The van der Waals surface area contributed by atoms with Crippen LogP contribution in [0.5, 0.6) is 17.2 Å². The summed E-state index contributed by atoms with van der Waals surface area (Å²) in [6, 6.07) is 11.3. The van der Waals surface area contributed by atoms with Crippen LogP contribution in [-0.2, 0) is 6.61 Å². The van der Waals surface area contributed by atoms with Gasteiger partial charge in [0.1, 0.15) is 5.75 Å². The van der Waals surface area contributed by atoms with Crippen molar-refractivity contribution >= 4 is 5.69 Å². The number of aliphatic hydroxyl groups is 1. The van der Waals surface area contributed by atoms with Crippen LogP contribution < -0.4 is 9.47 Å². The van der Waals surface area contributed by atoms with Gasteiger partial charge in [0.05, 0.1) is 18.6 Å². The molecule has 0 spiro atoms. The topological polar surface area (TPSA) is 81.8 Å². The van der Waals surface area contributed by atoms with E-state index in [0.29, 0.717) is 11.3 Å². The van der Waals surface area contributed by atoms with Gasteiger partial charge in [0.25, 0.3) is 0 Å². The molecule has 2 rings (SSSR count). The summed E-state index contributed by atoms with van der Waals surface area (Å²) in [5.41, 5.74) is 0.428. The van der Waals surface area contributed by atoms with Crippen molar-refractivity contribution in [1.29, 1.82) is 0 Å². The molecule has 0 radical (unpaired) electrons. The number of rotatable bonds is 5. The summed E-state index contributed by atoms with van der Waals surface area (Å²) < 4.78 is 10.5. The maximum absolute atomic E-state index is 11.1. The van der Waals surface area contributed by atoms with Gasteiger partial charge in [-0.25, -0.2) is 0 Å². The second-order valence-corrected chi connectivity index (χ2v) is 3.97. The first-order chi connectivity index (χ1) is 9.65. The molecule has 0 amide bonds. The lowest BCUT2D eigenvalue weighted by Gasteiger charge is -2.09. The Bertz CT molecular complexity index is 627. The number of ether oxygens (including phenoxy) is 2. The molecular formula is C14H13NO5. The number of benzene rings is 2. The molecule has 0 aliphatic carbocycles. The van der Waals surface area contributed by atoms with Crippen LogP contribution in [0.1, 0.15) is 5.56 Å². The minimum absolute atomic E-state index is 0.0874. The maximum Gasteiger partial charge on any atom is 0.352 e. The minimum atomic E-state index is -0.552. The van der Waals surface area contributed by atoms with Crippen molar-refractivity contribution in [3.8, 4) is 17.2 Å². The first kappa shape index (κ1) is 13.8. The number of para-hydroxylation sites is 1. The molecular weight excluding hydrogens is 262 g/mol. The fourth-order valence-corrected chi connectivity index (χ4v) is 1.76. The summed E-state index contributed by atoms with van der Waals surface area (Å²) >= 11 is 0. The second-order valence-electron chi connectivity index (χ2n) is 3.97. The fraction of sp³-hybridized carbons (Fsp3) is 0.143. The average Bonchev–Trinajstić information content (AvgIpc) is 2.46. The van der Waals surface area contributed by atoms with Gasteiger partial charge in [-0.3, -0.25) is 10.1 Å². The molecule has 2 aromatic rings. The van der Waals surface area contributed by atoms with Crippen LogP contribution in [0.3, 0.4) is 0 Å². The highest BCUT2D eigenvalue weighted by molar-refractivity contribution is 5.58. The number of hydrogen-bond acceptors (Lipinski definition) is 5. The van der Waals surface area contributed by atoms with Gasteiger partial charge in [-0.15, -0.1) is 0 Å². The molecule has 0 bridgehead atoms. The highest BCUT2D eigenvalue weighted by Gasteiger charge is 2.22. The van der Waals surface area contributed by atoms with E-state index in [9.17, 15) is 10.1 Å². The third kappa shape index (κ3) is 2.86. The van der Waals surface area contributed by atoms with Crippen molar-refractivity contribution in [1.82, 2.24) is 0 Å². The molecule has 1 N–H and O–H groups in total. The van der Waals surface area contributed by atoms with E-state index in [1.165, 1.54) is 19.2 Å². The lowest BCUT2D eigenvalue weighted by Crippen LogP contribution is -1.97. The normalized spacial score (nSPS) is 10.1. The van der Waals surface area contributed by atoms with Crippen molar-refractivity contribution < 1.29 is 19.5 Å². The van der Waals surface area contributed by atoms with Gasteiger partial charge in [0.2, 0.25) is 11.5 Å². The van der Waals surface area contributed by atoms with Crippen LogP contribution in [0, 0.1) is 10.1 Å². The van der Waals surface area contributed by atoms with Gasteiger partial charge in [0, 0.05) is 0 Å². The molecule has 6 nitrogen and oxygen atoms in total. The van der Waals surface area contributed by atoms with Gasteiger partial charge in [0.15, 0.2) is 0 Å². The molecule has 20 heavy (non-hydrogen) atoms. The molecule has 0 saturated heterocycles.